The Balaban J connectivity index is 0.00000450. The number of hydrogen-bond acceptors (Lipinski definition) is 5. The number of amides is 1. The van der Waals surface area contributed by atoms with E-state index in [2.05, 4.69) is 20.6 Å². The summed E-state index contributed by atoms with van der Waals surface area (Å²) in [6.07, 6.45) is 4.95. The molecule has 0 saturated carbocycles. The number of ether oxygens (including phenoxy) is 1. The Morgan fingerprint density at radius 1 is 1.27 bits per heavy atom. The molecule has 0 bridgehead atoms. The van der Waals surface area contributed by atoms with Crippen LogP contribution in [0.2, 0.25) is 0 Å². The van der Waals surface area contributed by atoms with Gasteiger partial charge in [0, 0.05) is 51.6 Å². The van der Waals surface area contributed by atoms with Crippen LogP contribution in [0.25, 0.3) is 0 Å². The van der Waals surface area contributed by atoms with Crippen molar-refractivity contribution in [2.45, 2.75) is 26.4 Å². The number of rotatable bonds is 12. The predicted octanol–water partition coefficient (Wildman–Crippen LogP) is 2.46. The lowest BCUT2D eigenvalue weighted by atomic mass is 10.2. The van der Waals surface area contributed by atoms with Crippen molar-refractivity contribution in [1.29, 1.82) is 0 Å². The second-order valence-electron chi connectivity index (χ2n) is 6.49. The largest absolute Gasteiger partial charge is 0.467 e. The molecule has 30 heavy (non-hydrogen) atoms. The first kappa shape index (κ1) is 25.9. The molecular formula is C21H32IN5O3. The number of nitrogens with one attached hydrogen (secondary N) is 2. The van der Waals surface area contributed by atoms with Crippen LogP contribution in [0.15, 0.2) is 52.2 Å². The van der Waals surface area contributed by atoms with Crippen LogP contribution in [0.5, 0.6) is 0 Å². The van der Waals surface area contributed by atoms with Crippen LogP contribution in [0, 0.1) is 0 Å². The molecule has 2 heterocycles. The molecule has 2 rings (SSSR count). The summed E-state index contributed by atoms with van der Waals surface area (Å²) in [6.45, 7) is 5.22. The van der Waals surface area contributed by atoms with Gasteiger partial charge in [0.25, 0.3) is 0 Å². The first-order valence-corrected chi connectivity index (χ1v) is 9.95. The van der Waals surface area contributed by atoms with Gasteiger partial charge < -0.3 is 24.7 Å². The van der Waals surface area contributed by atoms with Gasteiger partial charge in [0.15, 0.2) is 5.96 Å². The van der Waals surface area contributed by atoms with Crippen molar-refractivity contribution < 1.29 is 13.9 Å². The molecular weight excluding hydrogens is 497 g/mol. The Bertz CT molecular complexity index is 726. The summed E-state index contributed by atoms with van der Waals surface area (Å²) in [7, 11) is 1.79. The highest BCUT2D eigenvalue weighted by molar-refractivity contribution is 14.0. The van der Waals surface area contributed by atoms with Crippen LogP contribution < -0.4 is 10.6 Å². The van der Waals surface area contributed by atoms with Crippen LogP contribution in [0.3, 0.4) is 0 Å². The summed E-state index contributed by atoms with van der Waals surface area (Å²) in [6, 6.07) is 9.52. The van der Waals surface area contributed by atoms with Gasteiger partial charge in [0.05, 0.1) is 6.26 Å². The van der Waals surface area contributed by atoms with Crippen molar-refractivity contribution in [3.8, 4) is 0 Å². The maximum absolute atomic E-state index is 12.3. The van der Waals surface area contributed by atoms with Crippen molar-refractivity contribution in [2.75, 3.05) is 39.8 Å². The molecule has 8 nitrogen and oxygen atoms in total. The second-order valence-corrected chi connectivity index (χ2v) is 6.49. The minimum Gasteiger partial charge on any atom is -0.467 e. The summed E-state index contributed by atoms with van der Waals surface area (Å²) in [5.74, 6) is 1.42. The topological polar surface area (TPSA) is 92.0 Å². The predicted molar refractivity (Wildman–Crippen MR) is 128 cm³/mol. The molecule has 0 saturated heterocycles. The normalized spacial score (nSPS) is 10.9. The number of furan rings is 1. The fourth-order valence-corrected chi connectivity index (χ4v) is 2.51. The van der Waals surface area contributed by atoms with E-state index in [1.54, 1.807) is 24.4 Å². The number of hydrogen-bond donors (Lipinski definition) is 2. The lowest BCUT2D eigenvalue weighted by Crippen LogP contribution is -2.39. The van der Waals surface area contributed by atoms with Crippen LogP contribution >= 0.6 is 24.0 Å². The number of aromatic nitrogens is 1. The fourth-order valence-electron chi connectivity index (χ4n) is 2.51. The third-order valence-electron chi connectivity index (χ3n) is 4.15. The first-order chi connectivity index (χ1) is 14.2. The summed E-state index contributed by atoms with van der Waals surface area (Å²) >= 11 is 0. The molecule has 0 radical (unpaired) electrons. The molecule has 0 aliphatic rings. The SMILES string of the molecule is CCNC(=NCC(=O)N(C)CCc1ccccn1)NCCCOCc1ccco1.I. The molecule has 0 aliphatic carbocycles. The highest BCUT2D eigenvalue weighted by Gasteiger charge is 2.09. The van der Waals surface area contributed by atoms with Gasteiger partial charge in [-0.05, 0) is 37.6 Å². The van der Waals surface area contributed by atoms with E-state index in [1.807, 2.05) is 37.3 Å². The lowest BCUT2D eigenvalue weighted by Gasteiger charge is -2.16. The molecule has 9 heteroatoms. The molecule has 166 valence electrons. The number of pyridine rings is 1. The highest BCUT2D eigenvalue weighted by atomic mass is 127. The van der Waals surface area contributed by atoms with Gasteiger partial charge in [-0.3, -0.25) is 9.78 Å². The van der Waals surface area contributed by atoms with Gasteiger partial charge >= 0.3 is 0 Å². The Labute approximate surface area is 195 Å². The quantitative estimate of drug-likeness (QED) is 0.190. The monoisotopic (exact) mass is 529 g/mol. The Morgan fingerprint density at radius 3 is 2.83 bits per heavy atom. The summed E-state index contributed by atoms with van der Waals surface area (Å²) in [5.41, 5.74) is 0.972. The first-order valence-electron chi connectivity index (χ1n) is 9.95. The van der Waals surface area contributed by atoms with Gasteiger partial charge in [-0.15, -0.1) is 24.0 Å². The van der Waals surface area contributed by atoms with E-state index in [1.165, 1.54) is 0 Å². The minimum absolute atomic E-state index is 0. The van der Waals surface area contributed by atoms with Crippen LogP contribution in [0.4, 0.5) is 0 Å². The van der Waals surface area contributed by atoms with E-state index in [4.69, 9.17) is 9.15 Å². The lowest BCUT2D eigenvalue weighted by molar-refractivity contribution is -0.128. The molecule has 0 aromatic carbocycles. The third kappa shape index (κ3) is 10.6. The number of likely N-dealkylation sites (N-methyl/N-ethyl adjacent to an activating group) is 1. The van der Waals surface area contributed by atoms with Gasteiger partial charge in [-0.2, -0.15) is 0 Å². The third-order valence-corrected chi connectivity index (χ3v) is 4.15. The maximum Gasteiger partial charge on any atom is 0.244 e. The maximum atomic E-state index is 12.3. The fraction of sp³-hybridized carbons (Fsp3) is 0.476. The molecule has 0 fully saturated rings. The Morgan fingerprint density at radius 2 is 2.13 bits per heavy atom. The van der Waals surface area contributed by atoms with Crippen molar-refractivity contribution in [1.82, 2.24) is 20.5 Å². The van der Waals surface area contributed by atoms with Gasteiger partial charge in [0.2, 0.25) is 5.91 Å². The minimum atomic E-state index is -0.0279. The van der Waals surface area contributed by atoms with Gasteiger partial charge in [0.1, 0.15) is 18.9 Å². The average Bonchev–Trinajstić information content (AvgIpc) is 3.26. The Hall–Kier alpha value is -2.14. The average molecular weight is 529 g/mol. The number of carbonyl (C=O) groups excluding carboxylic acids is 1. The van der Waals surface area contributed by atoms with Crippen LogP contribution in [0.1, 0.15) is 24.8 Å². The van der Waals surface area contributed by atoms with E-state index in [0.29, 0.717) is 32.3 Å². The van der Waals surface area contributed by atoms with Crippen molar-refractivity contribution in [3.63, 3.8) is 0 Å². The van der Waals surface area contributed by atoms with E-state index in [-0.39, 0.29) is 36.4 Å². The van der Waals surface area contributed by atoms with Crippen molar-refractivity contribution in [3.05, 3.63) is 54.2 Å². The number of aliphatic imine (C=N–C) groups is 1. The number of carbonyl (C=O) groups is 1. The van der Waals surface area contributed by atoms with Crippen LogP contribution in [-0.2, 0) is 22.6 Å². The van der Waals surface area contributed by atoms with E-state index >= 15 is 0 Å². The zero-order valence-corrected chi connectivity index (χ0v) is 20.0. The van der Waals surface area contributed by atoms with Crippen molar-refractivity contribution in [2.24, 2.45) is 4.99 Å². The molecule has 0 aliphatic heterocycles. The Kier molecular flexibility index (Phi) is 13.5. The zero-order valence-electron chi connectivity index (χ0n) is 17.7. The molecule has 1 amide bonds. The number of halogens is 1. The molecule has 2 N–H and O–H groups in total. The molecule has 0 spiro atoms. The second kappa shape index (κ2) is 15.7. The van der Waals surface area contributed by atoms with E-state index in [9.17, 15) is 4.79 Å². The zero-order chi connectivity index (χ0) is 20.7. The molecule has 0 unspecified atom stereocenters. The summed E-state index contributed by atoms with van der Waals surface area (Å²) < 4.78 is 10.8. The molecule has 2 aromatic heterocycles. The van der Waals surface area contributed by atoms with E-state index < -0.39 is 0 Å². The van der Waals surface area contributed by atoms with Crippen molar-refractivity contribution >= 4 is 35.8 Å². The smallest absolute Gasteiger partial charge is 0.244 e. The van der Waals surface area contributed by atoms with E-state index in [0.717, 1.165) is 30.8 Å². The van der Waals surface area contributed by atoms with Crippen LogP contribution in [-0.4, -0.2) is 61.6 Å². The summed E-state index contributed by atoms with van der Waals surface area (Å²) in [4.78, 5) is 22.7. The number of guanidine groups is 1. The summed E-state index contributed by atoms with van der Waals surface area (Å²) in [5, 5.41) is 6.37. The molecule has 2 aromatic rings. The van der Waals surface area contributed by atoms with Gasteiger partial charge in [-0.1, -0.05) is 6.07 Å². The molecule has 0 atom stereocenters. The van der Waals surface area contributed by atoms with Gasteiger partial charge in [-0.25, -0.2) is 4.99 Å². The number of nitrogens with zero attached hydrogens (tertiary/aromatic N) is 3. The standard InChI is InChI=1S/C21H31N5O3.HI/c1-3-22-21(24-12-7-14-28-17-19-9-6-15-29-19)25-16-20(27)26(2)13-10-18-8-4-5-11-23-18;/h4-6,8-9,11,15H,3,7,10,12-14,16-17H2,1-2H3,(H2,22,24,25);1H. The highest BCUT2D eigenvalue weighted by Crippen LogP contribution is 2.01.